The van der Waals surface area contributed by atoms with Crippen molar-refractivity contribution in [2.24, 2.45) is 0 Å². The van der Waals surface area contributed by atoms with Crippen molar-refractivity contribution >= 4 is 44.8 Å². The third-order valence-corrected chi connectivity index (χ3v) is 3.81. The molecule has 0 spiro atoms. The van der Waals surface area contributed by atoms with Gasteiger partial charge in [-0.05, 0) is 52.7 Å². The highest BCUT2D eigenvalue weighted by Crippen LogP contribution is 2.28. The first kappa shape index (κ1) is 17.2. The summed E-state index contributed by atoms with van der Waals surface area (Å²) in [5, 5.41) is 13.3. The number of halogens is 2. The van der Waals surface area contributed by atoms with E-state index in [1.165, 1.54) is 18.2 Å². The molecule has 0 aliphatic carbocycles. The van der Waals surface area contributed by atoms with Gasteiger partial charge in [0.25, 0.3) is 11.6 Å². The number of hydrogen-bond donors (Lipinski definition) is 1. The van der Waals surface area contributed by atoms with Gasteiger partial charge in [0.15, 0.2) is 6.61 Å². The van der Waals surface area contributed by atoms with Crippen LogP contribution in [0.15, 0.2) is 40.9 Å². The average molecular weight is 400 g/mol. The second kappa shape index (κ2) is 7.43. The minimum absolute atomic E-state index is 0.00725. The first-order chi connectivity index (χ1) is 10.9. The molecule has 0 radical (unpaired) electrons. The Labute approximate surface area is 145 Å². The van der Waals surface area contributed by atoms with Crippen molar-refractivity contribution in [3.05, 3.63) is 61.6 Å². The fraction of sp³-hybridized carbons (Fsp3) is 0.133. The van der Waals surface area contributed by atoms with Gasteiger partial charge in [-0.2, -0.15) is 0 Å². The monoisotopic (exact) mass is 398 g/mol. The molecule has 0 saturated heterocycles. The molecule has 23 heavy (non-hydrogen) atoms. The number of nitrogens with zero attached hydrogens (tertiary/aromatic N) is 1. The lowest BCUT2D eigenvalue weighted by atomic mass is 10.2. The Morgan fingerprint density at radius 1 is 1.35 bits per heavy atom. The number of rotatable bonds is 5. The van der Waals surface area contributed by atoms with Gasteiger partial charge in [0.2, 0.25) is 0 Å². The molecule has 0 fully saturated rings. The summed E-state index contributed by atoms with van der Waals surface area (Å²) in [5.41, 5.74) is 1.06. The molecule has 1 amide bonds. The highest BCUT2D eigenvalue weighted by molar-refractivity contribution is 9.10. The van der Waals surface area contributed by atoms with Crippen LogP contribution in [0, 0.1) is 17.0 Å². The maximum absolute atomic E-state index is 11.9. The van der Waals surface area contributed by atoms with Crippen molar-refractivity contribution in [2.75, 3.05) is 11.9 Å². The molecule has 0 unspecified atom stereocenters. The number of anilines is 1. The Kier molecular flexibility index (Phi) is 5.57. The Morgan fingerprint density at radius 3 is 2.74 bits per heavy atom. The topological polar surface area (TPSA) is 81.5 Å². The molecule has 0 bridgehead atoms. The van der Waals surface area contributed by atoms with E-state index in [2.05, 4.69) is 21.2 Å². The van der Waals surface area contributed by atoms with Crippen molar-refractivity contribution in [2.45, 2.75) is 6.92 Å². The van der Waals surface area contributed by atoms with E-state index in [-0.39, 0.29) is 23.0 Å². The molecule has 2 aromatic carbocycles. The smallest absolute Gasteiger partial charge is 0.289 e. The Morgan fingerprint density at radius 2 is 2.09 bits per heavy atom. The van der Waals surface area contributed by atoms with Gasteiger partial charge in [-0.3, -0.25) is 14.9 Å². The van der Waals surface area contributed by atoms with Gasteiger partial charge < -0.3 is 10.1 Å². The van der Waals surface area contributed by atoms with Crippen LogP contribution in [0.5, 0.6) is 5.75 Å². The van der Waals surface area contributed by atoms with Crippen LogP contribution < -0.4 is 10.1 Å². The maximum atomic E-state index is 11.9. The van der Waals surface area contributed by atoms with Gasteiger partial charge in [0.05, 0.1) is 9.40 Å². The molecular formula is C15H12BrClN2O4. The predicted octanol–water partition coefficient (Wildman–Crippen LogP) is 4.34. The van der Waals surface area contributed by atoms with Crippen LogP contribution in [0.2, 0.25) is 5.02 Å². The molecule has 0 aliphatic rings. The molecule has 120 valence electrons. The van der Waals surface area contributed by atoms with Gasteiger partial charge >= 0.3 is 0 Å². The summed E-state index contributed by atoms with van der Waals surface area (Å²) in [4.78, 5) is 22.1. The summed E-state index contributed by atoms with van der Waals surface area (Å²) in [5.74, 6) is 0.0990. The number of carbonyl (C=O) groups excluding carboxylic acids is 1. The lowest BCUT2D eigenvalue weighted by molar-refractivity contribution is -0.384. The van der Waals surface area contributed by atoms with Crippen LogP contribution in [0.3, 0.4) is 0 Å². The fourth-order valence-corrected chi connectivity index (χ4v) is 2.59. The van der Waals surface area contributed by atoms with Crippen molar-refractivity contribution in [1.82, 2.24) is 0 Å². The number of benzene rings is 2. The van der Waals surface area contributed by atoms with Gasteiger partial charge in [-0.15, -0.1) is 0 Å². The summed E-state index contributed by atoms with van der Waals surface area (Å²) in [6.45, 7) is 1.72. The zero-order valence-electron chi connectivity index (χ0n) is 12.0. The first-order valence-electron chi connectivity index (χ1n) is 6.49. The van der Waals surface area contributed by atoms with Crippen LogP contribution in [-0.4, -0.2) is 17.4 Å². The van der Waals surface area contributed by atoms with E-state index in [9.17, 15) is 14.9 Å². The minimum atomic E-state index is -0.613. The largest absolute Gasteiger partial charge is 0.483 e. The van der Waals surface area contributed by atoms with Gasteiger partial charge in [0.1, 0.15) is 10.8 Å². The number of nitro groups is 1. The number of nitro benzene ring substituents is 1. The molecule has 2 aromatic rings. The molecule has 6 nitrogen and oxygen atoms in total. The van der Waals surface area contributed by atoms with Crippen LogP contribution >= 0.6 is 27.5 Å². The zero-order chi connectivity index (χ0) is 17.0. The summed E-state index contributed by atoms with van der Waals surface area (Å²) in [6, 6.07) is 9.51. The number of nitrogens with one attached hydrogen (secondary N) is 1. The lowest BCUT2D eigenvalue weighted by Crippen LogP contribution is -2.20. The molecule has 1 N–H and O–H groups in total. The lowest BCUT2D eigenvalue weighted by Gasteiger charge is -2.09. The standard InChI is InChI=1S/C15H12BrClN2O4/c1-9-2-5-14(11(16)6-9)23-8-15(20)18-10-3-4-12(17)13(7-10)19(21)22/h2-7H,8H2,1H3,(H,18,20). The van der Waals surface area contributed by atoms with E-state index in [0.717, 1.165) is 10.0 Å². The van der Waals surface area contributed by atoms with Crippen molar-refractivity contribution < 1.29 is 14.5 Å². The van der Waals surface area contributed by atoms with Gasteiger partial charge in [-0.25, -0.2) is 0 Å². The quantitative estimate of drug-likeness (QED) is 0.599. The van der Waals surface area contributed by atoms with E-state index in [0.29, 0.717) is 5.75 Å². The normalized spacial score (nSPS) is 10.2. The Balaban J connectivity index is 2.00. The SMILES string of the molecule is Cc1ccc(OCC(=O)Nc2ccc(Cl)c([N+](=O)[O-])c2)c(Br)c1. The second-order valence-corrected chi connectivity index (χ2v) is 5.96. The highest BCUT2D eigenvalue weighted by atomic mass is 79.9. The second-order valence-electron chi connectivity index (χ2n) is 4.69. The minimum Gasteiger partial charge on any atom is -0.483 e. The predicted molar refractivity (Wildman–Crippen MR) is 91.1 cm³/mol. The maximum Gasteiger partial charge on any atom is 0.289 e. The summed E-state index contributed by atoms with van der Waals surface area (Å²) in [6.07, 6.45) is 0. The number of hydrogen-bond acceptors (Lipinski definition) is 4. The molecule has 0 aromatic heterocycles. The number of carbonyl (C=O) groups is 1. The molecule has 0 heterocycles. The Bertz CT molecular complexity index is 767. The molecule has 0 aliphatic heterocycles. The highest BCUT2D eigenvalue weighted by Gasteiger charge is 2.14. The van der Waals surface area contributed by atoms with E-state index in [1.54, 1.807) is 6.07 Å². The van der Waals surface area contributed by atoms with Crippen molar-refractivity contribution in [3.8, 4) is 5.75 Å². The third kappa shape index (κ3) is 4.67. The number of aryl methyl sites for hydroxylation is 1. The van der Waals surface area contributed by atoms with Gasteiger partial charge in [-0.1, -0.05) is 17.7 Å². The third-order valence-electron chi connectivity index (χ3n) is 2.87. The van der Waals surface area contributed by atoms with E-state index < -0.39 is 10.8 Å². The molecule has 0 saturated carbocycles. The van der Waals surface area contributed by atoms with Crippen molar-refractivity contribution in [3.63, 3.8) is 0 Å². The molecule has 2 rings (SSSR count). The average Bonchev–Trinajstić information content (AvgIpc) is 2.48. The van der Waals surface area contributed by atoms with Crippen LogP contribution in [-0.2, 0) is 4.79 Å². The number of ether oxygens (including phenoxy) is 1. The fourth-order valence-electron chi connectivity index (χ4n) is 1.79. The van der Waals surface area contributed by atoms with Crippen LogP contribution in [0.25, 0.3) is 0 Å². The summed E-state index contributed by atoms with van der Waals surface area (Å²) >= 11 is 9.07. The zero-order valence-corrected chi connectivity index (χ0v) is 14.3. The van der Waals surface area contributed by atoms with Crippen molar-refractivity contribution in [1.29, 1.82) is 0 Å². The molecule has 0 atom stereocenters. The first-order valence-corrected chi connectivity index (χ1v) is 7.66. The van der Waals surface area contributed by atoms with E-state index in [1.807, 2.05) is 19.1 Å². The summed E-state index contributed by atoms with van der Waals surface area (Å²) < 4.78 is 6.15. The van der Waals surface area contributed by atoms with Crippen LogP contribution in [0.1, 0.15) is 5.56 Å². The molecule has 8 heteroatoms. The number of amides is 1. The van der Waals surface area contributed by atoms with Gasteiger partial charge in [0, 0.05) is 11.8 Å². The molecular weight excluding hydrogens is 388 g/mol. The van der Waals surface area contributed by atoms with E-state index in [4.69, 9.17) is 16.3 Å². The summed E-state index contributed by atoms with van der Waals surface area (Å²) in [7, 11) is 0. The van der Waals surface area contributed by atoms with Crippen LogP contribution in [0.4, 0.5) is 11.4 Å². The Hall–Kier alpha value is -2.12. The van der Waals surface area contributed by atoms with E-state index >= 15 is 0 Å².